The van der Waals surface area contributed by atoms with Crippen LogP contribution >= 0.6 is 0 Å². The molecular formula is C12H18O2. The summed E-state index contributed by atoms with van der Waals surface area (Å²) in [6.07, 6.45) is 11.0. The summed E-state index contributed by atoms with van der Waals surface area (Å²) in [6.45, 7) is 2.15. The van der Waals surface area contributed by atoms with Gasteiger partial charge >= 0.3 is 5.97 Å². The Morgan fingerprint density at radius 1 is 1.64 bits per heavy atom. The predicted octanol–water partition coefficient (Wildman–Crippen LogP) is 3.15. The number of aliphatic carboxylic acids is 1. The van der Waals surface area contributed by atoms with E-state index in [1.165, 1.54) is 5.57 Å². The fourth-order valence-electron chi connectivity index (χ4n) is 1.65. The molecule has 1 rings (SSSR count). The van der Waals surface area contributed by atoms with E-state index in [0.717, 1.165) is 32.1 Å². The van der Waals surface area contributed by atoms with Crippen molar-refractivity contribution in [3.05, 3.63) is 23.8 Å². The van der Waals surface area contributed by atoms with Gasteiger partial charge in [0.05, 0.1) is 5.92 Å². The van der Waals surface area contributed by atoms with Crippen LogP contribution in [0.3, 0.4) is 0 Å². The summed E-state index contributed by atoms with van der Waals surface area (Å²) >= 11 is 0. The van der Waals surface area contributed by atoms with Crippen LogP contribution in [-0.2, 0) is 4.79 Å². The number of unbranched alkanes of at least 4 members (excludes halogenated alkanes) is 1. The van der Waals surface area contributed by atoms with Crippen LogP contribution in [0, 0.1) is 5.92 Å². The molecule has 0 aromatic heterocycles. The van der Waals surface area contributed by atoms with E-state index in [-0.39, 0.29) is 5.92 Å². The van der Waals surface area contributed by atoms with Crippen LogP contribution in [0.5, 0.6) is 0 Å². The third kappa shape index (κ3) is 3.36. The highest BCUT2D eigenvalue weighted by atomic mass is 16.4. The molecule has 1 aliphatic carbocycles. The number of hydrogen-bond acceptors (Lipinski definition) is 1. The van der Waals surface area contributed by atoms with Crippen molar-refractivity contribution in [2.75, 3.05) is 0 Å². The second-order valence-corrected chi connectivity index (χ2v) is 3.77. The van der Waals surface area contributed by atoms with Crippen molar-refractivity contribution < 1.29 is 9.90 Å². The van der Waals surface area contributed by atoms with Gasteiger partial charge in [0.1, 0.15) is 0 Å². The van der Waals surface area contributed by atoms with Gasteiger partial charge in [-0.2, -0.15) is 0 Å². The van der Waals surface area contributed by atoms with E-state index >= 15 is 0 Å². The van der Waals surface area contributed by atoms with Crippen molar-refractivity contribution in [2.24, 2.45) is 5.92 Å². The summed E-state index contributed by atoms with van der Waals surface area (Å²) in [5, 5.41) is 8.93. The Morgan fingerprint density at radius 2 is 2.43 bits per heavy atom. The highest BCUT2D eigenvalue weighted by Crippen LogP contribution is 2.20. The minimum atomic E-state index is -0.692. The molecule has 0 aromatic carbocycles. The molecule has 0 amide bonds. The summed E-state index contributed by atoms with van der Waals surface area (Å²) in [5.74, 6) is -0.973. The average Bonchev–Trinajstić information content (AvgIpc) is 2.39. The number of carboxylic acid groups (broad SMARTS) is 1. The standard InChI is InChI=1S/C12H18O2/c1-2-3-6-10-7-4-5-8-11(9-10)12(13)14/h4,7,9,11H,2-3,5-6,8H2,1H3,(H,13,14). The minimum Gasteiger partial charge on any atom is -0.481 e. The topological polar surface area (TPSA) is 37.3 Å². The Balaban J connectivity index is 2.62. The monoisotopic (exact) mass is 194 g/mol. The molecule has 1 N–H and O–H groups in total. The smallest absolute Gasteiger partial charge is 0.310 e. The molecule has 2 nitrogen and oxygen atoms in total. The van der Waals surface area contributed by atoms with Crippen molar-refractivity contribution in [2.45, 2.75) is 39.0 Å². The zero-order chi connectivity index (χ0) is 10.4. The first-order chi connectivity index (χ1) is 6.74. The Hall–Kier alpha value is -1.05. The second-order valence-electron chi connectivity index (χ2n) is 3.77. The van der Waals surface area contributed by atoms with Crippen LogP contribution in [0.2, 0.25) is 0 Å². The fourth-order valence-corrected chi connectivity index (χ4v) is 1.65. The van der Waals surface area contributed by atoms with Crippen LogP contribution in [0.15, 0.2) is 23.8 Å². The van der Waals surface area contributed by atoms with Gasteiger partial charge in [-0.3, -0.25) is 4.79 Å². The molecule has 1 aliphatic rings. The molecule has 0 aliphatic heterocycles. The van der Waals surface area contributed by atoms with Crippen LogP contribution in [-0.4, -0.2) is 11.1 Å². The van der Waals surface area contributed by atoms with Gasteiger partial charge in [0.15, 0.2) is 0 Å². The molecule has 0 saturated heterocycles. The van der Waals surface area contributed by atoms with Crippen molar-refractivity contribution >= 4 is 5.97 Å². The Labute approximate surface area is 85.3 Å². The van der Waals surface area contributed by atoms with E-state index in [4.69, 9.17) is 5.11 Å². The summed E-state index contributed by atoms with van der Waals surface area (Å²) in [7, 11) is 0. The quantitative estimate of drug-likeness (QED) is 0.746. The third-order valence-corrected chi connectivity index (χ3v) is 2.53. The van der Waals surface area contributed by atoms with Crippen molar-refractivity contribution in [1.82, 2.24) is 0 Å². The molecule has 0 radical (unpaired) electrons. The highest BCUT2D eigenvalue weighted by molar-refractivity contribution is 5.72. The largest absolute Gasteiger partial charge is 0.481 e. The van der Waals surface area contributed by atoms with E-state index in [1.807, 2.05) is 6.08 Å². The molecule has 1 atom stereocenters. The van der Waals surface area contributed by atoms with Gasteiger partial charge in [0.2, 0.25) is 0 Å². The average molecular weight is 194 g/mol. The number of rotatable bonds is 4. The number of hydrogen-bond donors (Lipinski definition) is 1. The first-order valence-electron chi connectivity index (χ1n) is 5.34. The van der Waals surface area contributed by atoms with E-state index in [1.54, 1.807) is 0 Å². The van der Waals surface area contributed by atoms with E-state index in [9.17, 15) is 4.79 Å². The lowest BCUT2D eigenvalue weighted by Crippen LogP contribution is -2.10. The molecule has 78 valence electrons. The predicted molar refractivity (Wildman–Crippen MR) is 57.1 cm³/mol. The van der Waals surface area contributed by atoms with Crippen LogP contribution in [0.4, 0.5) is 0 Å². The maximum atomic E-state index is 10.9. The van der Waals surface area contributed by atoms with Crippen molar-refractivity contribution in [3.63, 3.8) is 0 Å². The van der Waals surface area contributed by atoms with Gasteiger partial charge in [-0.15, -0.1) is 0 Å². The molecular weight excluding hydrogens is 176 g/mol. The first kappa shape index (κ1) is 11.0. The van der Waals surface area contributed by atoms with Gasteiger partial charge in [-0.25, -0.2) is 0 Å². The highest BCUT2D eigenvalue weighted by Gasteiger charge is 2.15. The lowest BCUT2D eigenvalue weighted by molar-refractivity contribution is -0.140. The number of carbonyl (C=O) groups is 1. The molecule has 0 fully saturated rings. The lowest BCUT2D eigenvalue weighted by Gasteiger charge is -2.05. The van der Waals surface area contributed by atoms with E-state index < -0.39 is 5.97 Å². The second kappa shape index (κ2) is 5.63. The SMILES string of the molecule is CCCCC1=CC(C(=O)O)CCC=C1. The summed E-state index contributed by atoms with van der Waals surface area (Å²) in [5.41, 5.74) is 1.19. The van der Waals surface area contributed by atoms with Gasteiger partial charge < -0.3 is 5.11 Å². The normalized spacial score (nSPS) is 21.5. The van der Waals surface area contributed by atoms with Gasteiger partial charge in [0.25, 0.3) is 0 Å². The number of carboxylic acids is 1. The zero-order valence-electron chi connectivity index (χ0n) is 8.70. The molecule has 2 heteroatoms. The molecule has 14 heavy (non-hydrogen) atoms. The molecule has 0 heterocycles. The summed E-state index contributed by atoms with van der Waals surface area (Å²) in [4.78, 5) is 10.9. The molecule has 0 aromatic rings. The van der Waals surface area contributed by atoms with Gasteiger partial charge in [-0.05, 0) is 25.7 Å². The van der Waals surface area contributed by atoms with Gasteiger partial charge in [-0.1, -0.05) is 37.1 Å². The van der Waals surface area contributed by atoms with Gasteiger partial charge in [0, 0.05) is 0 Å². The van der Waals surface area contributed by atoms with Crippen LogP contribution in [0.1, 0.15) is 39.0 Å². The lowest BCUT2D eigenvalue weighted by atomic mass is 10.0. The van der Waals surface area contributed by atoms with Crippen molar-refractivity contribution in [1.29, 1.82) is 0 Å². The van der Waals surface area contributed by atoms with E-state index in [0.29, 0.717) is 0 Å². The van der Waals surface area contributed by atoms with Crippen LogP contribution < -0.4 is 0 Å². The zero-order valence-corrected chi connectivity index (χ0v) is 8.70. The maximum absolute atomic E-state index is 10.9. The summed E-state index contributed by atoms with van der Waals surface area (Å²) < 4.78 is 0. The fraction of sp³-hybridized carbons (Fsp3) is 0.583. The molecule has 0 bridgehead atoms. The summed E-state index contributed by atoms with van der Waals surface area (Å²) in [6, 6.07) is 0. The molecule has 0 spiro atoms. The molecule has 1 unspecified atom stereocenters. The Morgan fingerprint density at radius 3 is 3.07 bits per heavy atom. The maximum Gasteiger partial charge on any atom is 0.310 e. The molecule has 0 saturated carbocycles. The first-order valence-corrected chi connectivity index (χ1v) is 5.34. The minimum absolute atomic E-state index is 0.281. The van der Waals surface area contributed by atoms with Crippen molar-refractivity contribution in [3.8, 4) is 0 Å². The Kier molecular flexibility index (Phi) is 4.44. The third-order valence-electron chi connectivity index (χ3n) is 2.53. The van der Waals surface area contributed by atoms with E-state index in [2.05, 4.69) is 19.1 Å². The number of allylic oxidation sites excluding steroid dienone is 3. The Bertz CT molecular complexity index is 251. The van der Waals surface area contributed by atoms with Crippen LogP contribution in [0.25, 0.3) is 0 Å².